The van der Waals surface area contributed by atoms with Crippen molar-refractivity contribution in [3.05, 3.63) is 24.0 Å². The number of methoxy groups -OCH3 is 1. The van der Waals surface area contributed by atoms with Crippen LogP contribution in [-0.4, -0.2) is 36.9 Å². The Hall–Kier alpha value is -1.40. The normalized spacial score (nSPS) is 13.1. The van der Waals surface area contributed by atoms with Gasteiger partial charge in [-0.05, 0) is 37.5 Å². The highest BCUT2D eigenvalue weighted by Crippen LogP contribution is 2.26. The van der Waals surface area contributed by atoms with E-state index in [0.717, 1.165) is 23.3 Å². The second-order valence-electron chi connectivity index (χ2n) is 7.65. The van der Waals surface area contributed by atoms with Crippen LogP contribution in [0.2, 0.25) is 0 Å². The Balaban J connectivity index is 2.57. The highest BCUT2D eigenvalue weighted by atomic mass is 32.2. The van der Waals surface area contributed by atoms with E-state index in [9.17, 15) is 8.42 Å². The summed E-state index contributed by atoms with van der Waals surface area (Å²) >= 11 is 0. The number of fused-ring (bicyclic) bond motifs is 1. The van der Waals surface area contributed by atoms with Crippen LogP contribution in [0.5, 0.6) is 0 Å². The van der Waals surface area contributed by atoms with Gasteiger partial charge in [-0.25, -0.2) is 13.4 Å². The second-order valence-corrected chi connectivity index (χ2v) is 10.2. The summed E-state index contributed by atoms with van der Waals surface area (Å²) in [5, 5.41) is -0.445. The first-order valence-corrected chi connectivity index (χ1v) is 9.83. The lowest BCUT2D eigenvalue weighted by atomic mass is 9.92. The van der Waals surface area contributed by atoms with E-state index in [4.69, 9.17) is 9.72 Å². The van der Waals surface area contributed by atoms with Gasteiger partial charge in [0.15, 0.2) is 9.84 Å². The number of ether oxygens (including phenoxy) is 1. The van der Waals surface area contributed by atoms with Crippen molar-refractivity contribution in [1.82, 2.24) is 9.55 Å². The zero-order valence-electron chi connectivity index (χ0n) is 15.5. The van der Waals surface area contributed by atoms with E-state index in [1.807, 2.05) is 6.07 Å². The van der Waals surface area contributed by atoms with Crippen molar-refractivity contribution in [3.63, 3.8) is 0 Å². The minimum absolute atomic E-state index is 0.0963. The maximum Gasteiger partial charge on any atom is 0.180 e. The third-order valence-corrected chi connectivity index (χ3v) is 6.11. The number of imidazole rings is 1. The van der Waals surface area contributed by atoms with E-state index in [0.29, 0.717) is 18.0 Å². The molecule has 0 atom stereocenters. The van der Waals surface area contributed by atoms with Gasteiger partial charge >= 0.3 is 0 Å². The van der Waals surface area contributed by atoms with Gasteiger partial charge in [-0.2, -0.15) is 0 Å². The Bertz CT molecular complexity index is 815. The molecule has 6 heteroatoms. The minimum Gasteiger partial charge on any atom is -0.383 e. The Labute approximate surface area is 145 Å². The first-order chi connectivity index (χ1) is 11.1. The fourth-order valence-electron chi connectivity index (χ4n) is 2.65. The molecule has 0 aliphatic heterocycles. The molecule has 0 saturated heterocycles. The lowest BCUT2D eigenvalue weighted by Gasteiger charge is -2.18. The molecule has 0 aliphatic carbocycles. The molecule has 1 aromatic heterocycles. The Morgan fingerprint density at radius 3 is 2.46 bits per heavy atom. The maximum absolute atomic E-state index is 12.4. The predicted octanol–water partition coefficient (Wildman–Crippen LogP) is 3.45. The predicted molar refractivity (Wildman–Crippen MR) is 97.1 cm³/mol. The van der Waals surface area contributed by atoms with Crippen molar-refractivity contribution in [3.8, 4) is 0 Å². The number of benzene rings is 1. The van der Waals surface area contributed by atoms with Crippen LogP contribution in [0.3, 0.4) is 0 Å². The number of rotatable bonds is 6. The van der Waals surface area contributed by atoms with Gasteiger partial charge in [0.2, 0.25) is 0 Å². The highest BCUT2D eigenvalue weighted by molar-refractivity contribution is 7.92. The largest absolute Gasteiger partial charge is 0.383 e. The van der Waals surface area contributed by atoms with E-state index in [-0.39, 0.29) is 5.41 Å². The average Bonchev–Trinajstić information content (AvgIpc) is 2.79. The van der Waals surface area contributed by atoms with E-state index >= 15 is 0 Å². The Kier molecular flexibility index (Phi) is 5.40. The van der Waals surface area contributed by atoms with Crippen molar-refractivity contribution < 1.29 is 13.2 Å². The fourth-order valence-corrected chi connectivity index (χ4v) is 3.73. The van der Waals surface area contributed by atoms with Crippen LogP contribution < -0.4 is 0 Å². The molecule has 0 bridgehead atoms. The number of hydrogen-bond donors (Lipinski definition) is 0. The van der Waals surface area contributed by atoms with Crippen molar-refractivity contribution in [2.75, 3.05) is 13.7 Å². The first-order valence-electron chi connectivity index (χ1n) is 8.28. The average molecular weight is 353 g/mol. The molecule has 0 amide bonds. The molecule has 0 radical (unpaired) electrons. The molecular formula is C18H28N2O3S. The van der Waals surface area contributed by atoms with Gasteiger partial charge in [0, 0.05) is 20.1 Å². The molecule has 24 heavy (non-hydrogen) atoms. The van der Waals surface area contributed by atoms with Crippen LogP contribution in [0.15, 0.2) is 23.1 Å². The molecular weight excluding hydrogens is 324 g/mol. The monoisotopic (exact) mass is 352 g/mol. The van der Waals surface area contributed by atoms with Gasteiger partial charge in [0.1, 0.15) is 5.82 Å². The van der Waals surface area contributed by atoms with E-state index < -0.39 is 15.1 Å². The second kappa shape index (κ2) is 6.84. The lowest BCUT2D eigenvalue weighted by Crippen LogP contribution is -2.16. The summed E-state index contributed by atoms with van der Waals surface area (Å²) in [7, 11) is -1.62. The van der Waals surface area contributed by atoms with Crippen LogP contribution >= 0.6 is 0 Å². The van der Waals surface area contributed by atoms with Crippen LogP contribution in [0, 0.1) is 5.41 Å². The molecule has 2 rings (SSSR count). The summed E-state index contributed by atoms with van der Waals surface area (Å²) in [5.41, 5.74) is 1.78. The Morgan fingerprint density at radius 1 is 1.25 bits per heavy atom. The molecule has 5 nitrogen and oxygen atoms in total. The van der Waals surface area contributed by atoms with Gasteiger partial charge in [-0.1, -0.05) is 20.8 Å². The number of nitrogens with zero attached hydrogens (tertiary/aromatic N) is 2. The molecule has 1 aromatic carbocycles. The van der Waals surface area contributed by atoms with E-state index in [1.165, 1.54) is 0 Å². The fraction of sp³-hybridized carbons (Fsp3) is 0.611. The zero-order valence-corrected chi connectivity index (χ0v) is 16.3. The molecule has 0 spiro atoms. The number of hydrogen-bond acceptors (Lipinski definition) is 4. The molecule has 0 N–H and O–H groups in total. The van der Waals surface area contributed by atoms with Crippen LogP contribution in [0.25, 0.3) is 11.0 Å². The third kappa shape index (κ3) is 3.98. The lowest BCUT2D eigenvalue weighted by molar-refractivity contribution is 0.186. The highest BCUT2D eigenvalue weighted by Gasteiger charge is 2.22. The van der Waals surface area contributed by atoms with Gasteiger partial charge in [-0.3, -0.25) is 0 Å². The Morgan fingerprint density at radius 2 is 1.92 bits per heavy atom. The molecule has 0 unspecified atom stereocenters. The molecule has 0 fully saturated rings. The molecule has 2 aromatic rings. The van der Waals surface area contributed by atoms with Gasteiger partial charge in [0.25, 0.3) is 0 Å². The van der Waals surface area contributed by atoms with E-state index in [2.05, 4.69) is 25.3 Å². The summed E-state index contributed by atoms with van der Waals surface area (Å²) in [4.78, 5) is 5.06. The molecule has 0 aliphatic rings. The third-order valence-electron chi connectivity index (χ3n) is 3.96. The van der Waals surface area contributed by atoms with Gasteiger partial charge in [-0.15, -0.1) is 0 Å². The zero-order chi connectivity index (χ0) is 18.1. The summed E-state index contributed by atoms with van der Waals surface area (Å²) < 4.78 is 32.2. The molecule has 134 valence electrons. The van der Waals surface area contributed by atoms with Crippen molar-refractivity contribution in [2.24, 2.45) is 5.41 Å². The van der Waals surface area contributed by atoms with Crippen molar-refractivity contribution >= 4 is 20.9 Å². The topological polar surface area (TPSA) is 61.2 Å². The van der Waals surface area contributed by atoms with Crippen LogP contribution in [0.4, 0.5) is 0 Å². The molecule has 1 heterocycles. The van der Waals surface area contributed by atoms with Gasteiger partial charge < -0.3 is 9.30 Å². The summed E-state index contributed by atoms with van der Waals surface area (Å²) in [6, 6.07) is 5.24. The quantitative estimate of drug-likeness (QED) is 0.799. The number of aromatic nitrogens is 2. The molecule has 0 saturated carbocycles. The first kappa shape index (κ1) is 18.9. The van der Waals surface area contributed by atoms with Gasteiger partial charge in [0.05, 0.1) is 27.8 Å². The SMILES string of the molecule is COCCn1c(CC(C)(C)C)nc2cc(S(=O)(=O)C(C)C)ccc21. The summed E-state index contributed by atoms with van der Waals surface area (Å²) in [6.07, 6.45) is 0.817. The van der Waals surface area contributed by atoms with Crippen molar-refractivity contribution in [2.45, 2.75) is 57.7 Å². The van der Waals surface area contributed by atoms with Crippen molar-refractivity contribution in [1.29, 1.82) is 0 Å². The standard InChI is InChI=1S/C18H28N2O3S/c1-13(2)24(21,22)14-7-8-16-15(11-14)19-17(12-18(3,4)5)20(16)9-10-23-6/h7-8,11,13H,9-10,12H2,1-6H3. The number of sulfone groups is 1. The maximum atomic E-state index is 12.4. The summed E-state index contributed by atoms with van der Waals surface area (Å²) in [6.45, 7) is 11.2. The summed E-state index contributed by atoms with van der Waals surface area (Å²) in [5.74, 6) is 0.966. The van der Waals surface area contributed by atoms with Crippen LogP contribution in [-0.2, 0) is 27.5 Å². The minimum atomic E-state index is -3.30. The smallest absolute Gasteiger partial charge is 0.180 e. The van der Waals surface area contributed by atoms with Crippen LogP contribution in [0.1, 0.15) is 40.4 Å². The van der Waals surface area contributed by atoms with E-state index in [1.54, 1.807) is 33.1 Å².